The molecule has 0 spiro atoms. The summed E-state index contributed by atoms with van der Waals surface area (Å²) in [4.78, 5) is 15.5. The monoisotopic (exact) mass is 359 g/mol. The van der Waals surface area contributed by atoms with E-state index in [1.165, 1.54) is 12.8 Å². The van der Waals surface area contributed by atoms with Crippen LogP contribution in [-0.4, -0.2) is 39.3 Å². The molecule has 12 heavy (non-hydrogen) atoms. The average molecular weight is 358 g/mol. The van der Waals surface area contributed by atoms with Crippen LogP contribution in [-0.2, 0) is 4.79 Å². The first-order chi connectivity index (χ1) is 5.38. The summed E-state index contributed by atoms with van der Waals surface area (Å²) < 4.78 is 0. The summed E-state index contributed by atoms with van der Waals surface area (Å²) in [6.07, 6.45) is 6.61. The molecule has 2 rings (SSSR count). The minimum absolute atomic E-state index is 0. The van der Waals surface area contributed by atoms with E-state index >= 15 is 0 Å². The van der Waals surface area contributed by atoms with Gasteiger partial charge in [-0.25, -0.2) is 0 Å². The summed E-state index contributed by atoms with van der Waals surface area (Å²) in [6.45, 7) is 0. The molecule has 0 saturated heterocycles. The normalized spacial score (nSPS) is 21.8. The van der Waals surface area contributed by atoms with Crippen LogP contribution in [0.1, 0.15) is 32.1 Å². The van der Waals surface area contributed by atoms with Crippen LogP contribution in [0.4, 0.5) is 0 Å². The molecule has 0 aromatic carbocycles. The number of nitrogens with zero attached hydrogens (tertiary/aromatic N) is 1. The molecule has 0 aromatic heterocycles. The van der Waals surface area contributed by atoms with E-state index in [0.717, 1.165) is 24.1 Å². The van der Waals surface area contributed by atoms with Crippen LogP contribution in [0.3, 0.4) is 0 Å². The molecule has 1 aliphatic heterocycles. The number of rotatable bonds is 0. The van der Waals surface area contributed by atoms with E-state index in [1.54, 1.807) is 6.21 Å². The third kappa shape index (κ3) is 1.84. The van der Waals surface area contributed by atoms with Gasteiger partial charge in [-0.2, -0.15) is 0 Å². The van der Waals surface area contributed by atoms with Crippen molar-refractivity contribution in [1.82, 2.24) is 0 Å². The van der Waals surface area contributed by atoms with Gasteiger partial charge in [-0.3, -0.25) is 9.79 Å². The van der Waals surface area contributed by atoms with Crippen LogP contribution in [0.15, 0.2) is 16.3 Å². The summed E-state index contributed by atoms with van der Waals surface area (Å²) in [5.41, 5.74) is 2.08. The third-order valence-corrected chi connectivity index (χ3v) is 2.30. The van der Waals surface area contributed by atoms with Gasteiger partial charge >= 0.3 is 27.3 Å². The Morgan fingerprint density at radius 1 is 1.25 bits per heavy atom. The van der Waals surface area contributed by atoms with Crippen molar-refractivity contribution in [3.8, 4) is 0 Å². The van der Waals surface area contributed by atoms with Gasteiger partial charge in [0.1, 0.15) is 0 Å². The number of hydrogen-bond acceptors (Lipinski definition) is 2. The quantitative estimate of drug-likeness (QED) is 0.593. The van der Waals surface area contributed by atoms with Crippen LogP contribution >= 0.6 is 0 Å². The molecule has 0 fully saturated rings. The maximum absolute atomic E-state index is 11.3. The van der Waals surface area contributed by atoms with Crippen LogP contribution in [0.5, 0.6) is 0 Å². The second-order valence-corrected chi connectivity index (χ2v) is 3.07. The fourth-order valence-corrected chi connectivity index (χ4v) is 1.69. The van der Waals surface area contributed by atoms with E-state index in [2.05, 4.69) is 4.99 Å². The number of ketones is 1. The first-order valence-corrected chi connectivity index (χ1v) is 4.15. The predicted molar refractivity (Wildman–Crippen MR) is 52.2 cm³/mol. The van der Waals surface area contributed by atoms with Gasteiger partial charge in [-0.1, -0.05) is 0 Å². The molecule has 0 unspecified atom stereocenters. The van der Waals surface area contributed by atoms with E-state index in [9.17, 15) is 4.79 Å². The molecule has 2 radical (unpaired) electrons. The van der Waals surface area contributed by atoms with Gasteiger partial charge in [0.15, 0.2) is 5.78 Å². The Kier molecular flexibility index (Phi) is 3.61. The topological polar surface area (TPSA) is 29.4 Å². The van der Waals surface area contributed by atoms with Crippen molar-refractivity contribution in [3.05, 3.63) is 11.3 Å². The summed E-state index contributed by atoms with van der Waals surface area (Å²) in [5, 5.41) is 0. The Labute approximate surface area is 92.3 Å². The second kappa shape index (κ2) is 4.30. The third-order valence-electron chi connectivity index (χ3n) is 2.30. The van der Waals surface area contributed by atoms with Gasteiger partial charge in [0.05, 0.1) is 0 Å². The Hall–Kier alpha value is 0.00208. The molecule has 64 valence electrons. The molecular formula is C9H13NOPb. The van der Waals surface area contributed by atoms with Crippen LogP contribution in [0.2, 0.25) is 0 Å². The van der Waals surface area contributed by atoms with Crippen molar-refractivity contribution in [1.29, 1.82) is 0 Å². The summed E-state index contributed by atoms with van der Waals surface area (Å²) >= 11 is 0. The average Bonchev–Trinajstić information content (AvgIpc) is 2.06. The molecule has 0 amide bonds. The van der Waals surface area contributed by atoms with Crippen molar-refractivity contribution < 1.29 is 4.79 Å². The van der Waals surface area contributed by atoms with E-state index in [0.29, 0.717) is 12.2 Å². The molecule has 2 aliphatic rings. The van der Waals surface area contributed by atoms with E-state index in [-0.39, 0.29) is 27.3 Å². The molecule has 2 nitrogen and oxygen atoms in total. The van der Waals surface area contributed by atoms with Crippen molar-refractivity contribution >= 4 is 39.3 Å². The first kappa shape index (κ1) is 10.1. The molecule has 0 aromatic rings. The zero-order valence-electron chi connectivity index (χ0n) is 7.18. The van der Waals surface area contributed by atoms with Crippen molar-refractivity contribution in [3.63, 3.8) is 0 Å². The molecule has 3 heteroatoms. The standard InChI is InChI=1S/C9H11NO.Pb.2H/c11-9-5-6-10-8-4-2-1-3-7(8)9;;;/h6H,1-5H2;;;. The SMILES string of the molecule is O=C1CC=NC2=C1CCCC2.[PbH2]. The predicted octanol–water partition coefficient (Wildman–Crippen LogP) is 0.942. The Morgan fingerprint density at radius 2 is 2.00 bits per heavy atom. The van der Waals surface area contributed by atoms with Crippen molar-refractivity contribution in [2.45, 2.75) is 32.1 Å². The van der Waals surface area contributed by atoms with Crippen LogP contribution < -0.4 is 0 Å². The zero-order valence-corrected chi connectivity index (χ0v) is 12.7. The Bertz CT molecular complexity index is 255. The van der Waals surface area contributed by atoms with E-state index in [4.69, 9.17) is 0 Å². The van der Waals surface area contributed by atoms with Gasteiger partial charge in [-0.05, 0) is 25.7 Å². The number of Topliss-reactive ketones (excluding diaryl/α,β-unsaturated/α-hetero) is 1. The van der Waals surface area contributed by atoms with Gasteiger partial charge in [0.25, 0.3) is 0 Å². The molecule has 0 atom stereocenters. The van der Waals surface area contributed by atoms with Crippen LogP contribution in [0.25, 0.3) is 0 Å². The molecule has 0 bridgehead atoms. The van der Waals surface area contributed by atoms with E-state index in [1.807, 2.05) is 0 Å². The molecular weight excluding hydrogens is 345 g/mol. The molecule has 1 aliphatic carbocycles. The maximum atomic E-state index is 11.3. The van der Waals surface area contributed by atoms with Gasteiger partial charge in [0.2, 0.25) is 0 Å². The van der Waals surface area contributed by atoms with Gasteiger partial charge < -0.3 is 0 Å². The summed E-state index contributed by atoms with van der Waals surface area (Å²) in [5.74, 6) is 0.301. The number of aliphatic imine (C=N–C) groups is 1. The molecule has 0 saturated carbocycles. The summed E-state index contributed by atoms with van der Waals surface area (Å²) in [7, 11) is 0. The molecule has 1 heterocycles. The number of carbonyl (C=O) groups is 1. The molecule has 0 N–H and O–H groups in total. The zero-order chi connectivity index (χ0) is 7.68. The van der Waals surface area contributed by atoms with E-state index < -0.39 is 0 Å². The van der Waals surface area contributed by atoms with Gasteiger partial charge in [-0.15, -0.1) is 0 Å². The second-order valence-electron chi connectivity index (χ2n) is 3.07. The van der Waals surface area contributed by atoms with Crippen molar-refractivity contribution in [2.75, 3.05) is 0 Å². The number of carbonyl (C=O) groups excluding carboxylic acids is 1. The number of hydrogen-bond donors (Lipinski definition) is 0. The Balaban J connectivity index is 0.000000720. The fraction of sp³-hybridized carbons (Fsp3) is 0.556. The van der Waals surface area contributed by atoms with Gasteiger partial charge in [0, 0.05) is 23.9 Å². The fourth-order valence-electron chi connectivity index (χ4n) is 1.69. The van der Waals surface area contributed by atoms with Crippen LogP contribution in [0, 0.1) is 0 Å². The minimum atomic E-state index is 0. The summed E-state index contributed by atoms with van der Waals surface area (Å²) in [6, 6.07) is 0. The first-order valence-electron chi connectivity index (χ1n) is 4.15. The Morgan fingerprint density at radius 3 is 2.75 bits per heavy atom. The number of allylic oxidation sites excluding steroid dienone is 2. The van der Waals surface area contributed by atoms with Crippen molar-refractivity contribution in [2.24, 2.45) is 4.99 Å².